The molecule has 1 atom stereocenters. The summed E-state index contributed by atoms with van der Waals surface area (Å²) in [6, 6.07) is 3.67. The Labute approximate surface area is 106 Å². The largest absolute Gasteiger partial charge is 0.383 e. The fraction of sp³-hybridized carbons (Fsp3) is 0.385. The van der Waals surface area contributed by atoms with Gasteiger partial charge in [0.15, 0.2) is 0 Å². The number of rotatable bonds is 4. The van der Waals surface area contributed by atoms with Gasteiger partial charge >= 0.3 is 0 Å². The van der Waals surface area contributed by atoms with Crippen molar-refractivity contribution in [1.29, 1.82) is 0 Å². The maximum atomic E-state index is 10.4. The second-order valence-electron chi connectivity index (χ2n) is 4.37. The van der Waals surface area contributed by atoms with Crippen molar-refractivity contribution in [3.8, 4) is 0 Å². The Kier molecular flexibility index (Phi) is 3.62. The number of nitrogens with two attached hydrogens (primary N) is 1. The summed E-state index contributed by atoms with van der Waals surface area (Å²) >= 11 is 0. The normalized spacial score (nSPS) is 12.6. The lowest BCUT2D eigenvalue weighted by atomic mass is 10.1. The molecule has 1 unspecified atom stereocenters. The lowest BCUT2D eigenvalue weighted by molar-refractivity contribution is 0.207. The van der Waals surface area contributed by atoms with Crippen molar-refractivity contribution >= 4 is 5.82 Å². The average molecular weight is 246 g/mol. The number of nitrogen functional groups attached to an aromatic ring is 1. The fourth-order valence-electron chi connectivity index (χ4n) is 1.95. The summed E-state index contributed by atoms with van der Waals surface area (Å²) < 4.78 is 1.80. The van der Waals surface area contributed by atoms with Crippen molar-refractivity contribution in [2.75, 3.05) is 5.73 Å². The predicted octanol–water partition coefficient (Wildman–Crippen LogP) is 1.66. The number of hydrogen-bond acceptors (Lipinski definition) is 4. The lowest BCUT2D eigenvalue weighted by Gasteiger charge is -2.15. The van der Waals surface area contributed by atoms with E-state index in [2.05, 4.69) is 17.0 Å². The Morgan fingerprint density at radius 1 is 1.50 bits per heavy atom. The molecule has 96 valence electrons. The molecule has 3 N–H and O–H groups in total. The van der Waals surface area contributed by atoms with Gasteiger partial charge < -0.3 is 10.8 Å². The first kappa shape index (κ1) is 12.6. The van der Waals surface area contributed by atoms with E-state index in [0.717, 1.165) is 24.2 Å². The molecule has 0 saturated heterocycles. The van der Waals surface area contributed by atoms with Crippen molar-refractivity contribution in [2.45, 2.75) is 32.9 Å². The van der Waals surface area contributed by atoms with E-state index in [1.807, 2.05) is 19.1 Å². The number of pyridine rings is 1. The van der Waals surface area contributed by atoms with Gasteiger partial charge in [0, 0.05) is 24.5 Å². The van der Waals surface area contributed by atoms with Crippen molar-refractivity contribution < 1.29 is 5.11 Å². The Hall–Kier alpha value is -1.88. The van der Waals surface area contributed by atoms with E-state index in [1.54, 1.807) is 17.1 Å². The number of nitrogens with zero attached hydrogens (tertiary/aromatic N) is 3. The number of aryl methyl sites for hydroxylation is 2. The predicted molar refractivity (Wildman–Crippen MR) is 70.0 cm³/mol. The molecule has 5 heteroatoms. The highest BCUT2D eigenvalue weighted by atomic mass is 16.3. The third kappa shape index (κ3) is 2.36. The van der Waals surface area contributed by atoms with Crippen LogP contribution in [-0.4, -0.2) is 19.9 Å². The summed E-state index contributed by atoms with van der Waals surface area (Å²) in [6.07, 6.45) is 3.55. The molecule has 0 amide bonds. The van der Waals surface area contributed by atoms with Gasteiger partial charge in [-0.2, -0.15) is 5.10 Å². The monoisotopic (exact) mass is 246 g/mol. The zero-order valence-electron chi connectivity index (χ0n) is 10.7. The first-order valence-electron chi connectivity index (χ1n) is 6.05. The highest BCUT2D eigenvalue weighted by Crippen LogP contribution is 2.26. The van der Waals surface area contributed by atoms with Gasteiger partial charge in [-0.25, -0.2) is 4.98 Å². The summed E-state index contributed by atoms with van der Waals surface area (Å²) in [7, 11) is 0. The smallest absolute Gasteiger partial charge is 0.129 e. The number of aliphatic hydroxyl groups excluding tert-OH is 1. The first-order valence-corrected chi connectivity index (χ1v) is 6.05. The van der Waals surface area contributed by atoms with Crippen LogP contribution in [0.2, 0.25) is 0 Å². The minimum absolute atomic E-state index is 0.359. The van der Waals surface area contributed by atoms with Crippen LogP contribution in [0.5, 0.6) is 0 Å². The standard InChI is InChI=1S/C13H18N4O/c1-3-6-17-11(4-5-16-17)12(18)10-7-9(2)8-15-13(10)14/h4-5,7-8,12,18H,3,6H2,1-2H3,(H2,14,15). The number of aliphatic hydroxyl groups is 1. The quantitative estimate of drug-likeness (QED) is 0.860. The number of aromatic nitrogens is 3. The number of hydrogen-bond donors (Lipinski definition) is 2. The van der Waals surface area contributed by atoms with Crippen LogP contribution in [0.1, 0.15) is 36.3 Å². The maximum Gasteiger partial charge on any atom is 0.129 e. The van der Waals surface area contributed by atoms with Crippen molar-refractivity contribution in [3.63, 3.8) is 0 Å². The molecule has 0 aliphatic heterocycles. The summed E-state index contributed by atoms with van der Waals surface area (Å²) in [4.78, 5) is 4.07. The molecule has 5 nitrogen and oxygen atoms in total. The summed E-state index contributed by atoms with van der Waals surface area (Å²) in [6.45, 7) is 4.77. The molecule has 18 heavy (non-hydrogen) atoms. The zero-order valence-corrected chi connectivity index (χ0v) is 10.7. The van der Waals surface area contributed by atoms with Crippen molar-refractivity contribution in [1.82, 2.24) is 14.8 Å². The molecule has 2 heterocycles. The highest BCUT2D eigenvalue weighted by molar-refractivity contribution is 5.44. The molecule has 0 spiro atoms. The molecule has 0 aliphatic rings. The Morgan fingerprint density at radius 2 is 2.28 bits per heavy atom. The summed E-state index contributed by atoms with van der Waals surface area (Å²) in [5, 5.41) is 14.6. The van der Waals surface area contributed by atoms with Gasteiger partial charge in [-0.1, -0.05) is 6.92 Å². The van der Waals surface area contributed by atoms with Crippen LogP contribution in [0.25, 0.3) is 0 Å². The fourth-order valence-corrected chi connectivity index (χ4v) is 1.95. The minimum atomic E-state index is -0.786. The SMILES string of the molecule is CCCn1nccc1C(O)c1cc(C)cnc1N. The van der Waals surface area contributed by atoms with Crippen LogP contribution in [0.3, 0.4) is 0 Å². The molecule has 2 rings (SSSR count). The van der Waals surface area contributed by atoms with E-state index in [1.165, 1.54) is 0 Å². The highest BCUT2D eigenvalue weighted by Gasteiger charge is 2.18. The molecule has 2 aromatic rings. The molecule has 0 aromatic carbocycles. The van der Waals surface area contributed by atoms with Crippen LogP contribution < -0.4 is 5.73 Å². The third-order valence-corrected chi connectivity index (χ3v) is 2.85. The van der Waals surface area contributed by atoms with Crippen LogP contribution in [0.4, 0.5) is 5.82 Å². The summed E-state index contributed by atoms with van der Waals surface area (Å²) in [5.41, 5.74) is 8.17. The van der Waals surface area contributed by atoms with E-state index in [9.17, 15) is 5.11 Å². The van der Waals surface area contributed by atoms with E-state index < -0.39 is 6.10 Å². The van der Waals surface area contributed by atoms with Crippen LogP contribution in [0.15, 0.2) is 24.5 Å². The first-order chi connectivity index (χ1) is 8.63. The van der Waals surface area contributed by atoms with Crippen LogP contribution >= 0.6 is 0 Å². The van der Waals surface area contributed by atoms with E-state index >= 15 is 0 Å². The number of anilines is 1. The molecule has 0 fully saturated rings. The zero-order chi connectivity index (χ0) is 13.1. The summed E-state index contributed by atoms with van der Waals surface area (Å²) in [5.74, 6) is 0.359. The van der Waals surface area contributed by atoms with Gasteiger partial charge in [-0.3, -0.25) is 4.68 Å². The second kappa shape index (κ2) is 5.18. The Balaban J connectivity index is 2.38. The van der Waals surface area contributed by atoms with Crippen LogP contribution in [-0.2, 0) is 6.54 Å². The molecule has 0 bridgehead atoms. The average Bonchev–Trinajstić information content (AvgIpc) is 2.80. The molecule has 2 aromatic heterocycles. The van der Waals surface area contributed by atoms with Gasteiger partial charge in [0.25, 0.3) is 0 Å². The van der Waals surface area contributed by atoms with Gasteiger partial charge in [-0.15, -0.1) is 0 Å². The van der Waals surface area contributed by atoms with Gasteiger partial charge in [0.1, 0.15) is 11.9 Å². The van der Waals surface area contributed by atoms with Crippen LogP contribution in [0, 0.1) is 6.92 Å². The molecule has 0 saturated carbocycles. The third-order valence-electron chi connectivity index (χ3n) is 2.85. The van der Waals surface area contributed by atoms with E-state index in [-0.39, 0.29) is 0 Å². The molecule has 0 aliphatic carbocycles. The van der Waals surface area contributed by atoms with Gasteiger partial charge in [0.05, 0.1) is 5.69 Å². The Bertz CT molecular complexity index is 536. The molecular formula is C13H18N4O. The molecule has 0 radical (unpaired) electrons. The van der Waals surface area contributed by atoms with E-state index in [0.29, 0.717) is 11.4 Å². The minimum Gasteiger partial charge on any atom is -0.383 e. The maximum absolute atomic E-state index is 10.4. The van der Waals surface area contributed by atoms with Gasteiger partial charge in [0.2, 0.25) is 0 Å². The van der Waals surface area contributed by atoms with E-state index in [4.69, 9.17) is 5.73 Å². The lowest BCUT2D eigenvalue weighted by Crippen LogP contribution is -2.12. The van der Waals surface area contributed by atoms with Crippen molar-refractivity contribution in [2.24, 2.45) is 0 Å². The topological polar surface area (TPSA) is 77.0 Å². The molecular weight excluding hydrogens is 228 g/mol. The van der Waals surface area contributed by atoms with Crippen molar-refractivity contribution in [3.05, 3.63) is 41.3 Å². The second-order valence-corrected chi connectivity index (χ2v) is 4.37. The van der Waals surface area contributed by atoms with Gasteiger partial charge in [-0.05, 0) is 31.0 Å². The Morgan fingerprint density at radius 3 is 3.00 bits per heavy atom.